The monoisotopic (exact) mass is 398 g/mol. The third-order valence-electron chi connectivity index (χ3n) is 4.86. The van der Waals surface area contributed by atoms with Gasteiger partial charge in [0.25, 0.3) is 5.91 Å². The Hall–Kier alpha value is -2.80. The highest BCUT2D eigenvalue weighted by atomic mass is 32.2. The van der Waals surface area contributed by atoms with E-state index in [4.69, 9.17) is 4.42 Å². The molecule has 0 spiro atoms. The molecule has 0 unspecified atom stereocenters. The van der Waals surface area contributed by atoms with Crippen LogP contribution in [0.4, 0.5) is 11.4 Å². The van der Waals surface area contributed by atoms with Crippen LogP contribution in [0.15, 0.2) is 52.9 Å². The third kappa shape index (κ3) is 3.49. The number of carbonyl (C=O) groups is 1. The minimum atomic E-state index is -3.31. The number of sulfonamides is 1. The second-order valence-corrected chi connectivity index (χ2v) is 8.95. The summed E-state index contributed by atoms with van der Waals surface area (Å²) in [5.74, 6) is 0.0465. The molecule has 2 heterocycles. The Morgan fingerprint density at radius 2 is 2.00 bits per heavy atom. The molecule has 0 atom stereocenters. The van der Waals surface area contributed by atoms with Crippen LogP contribution in [-0.2, 0) is 16.4 Å². The number of carbonyl (C=O) groups excluding carboxylic acids is 1. The molecule has 4 rings (SSSR count). The van der Waals surface area contributed by atoms with Crippen molar-refractivity contribution in [3.63, 3.8) is 0 Å². The topological polar surface area (TPSA) is 79.6 Å². The standard InChI is InChI=1S/C21H22N2O4S/c1-2-12-28(25,26)23-11-5-7-15-13-17(9-10-18(15)23)22-21(24)20-14-16-6-3-4-8-19(16)27-20/h3-4,6,8-10,13-14H,2,5,7,11-12H2,1H3,(H,22,24). The molecule has 1 N–H and O–H groups in total. The predicted octanol–water partition coefficient (Wildman–Crippen LogP) is 4.18. The van der Waals surface area contributed by atoms with E-state index in [1.807, 2.05) is 37.3 Å². The first kappa shape index (κ1) is 18.6. The van der Waals surface area contributed by atoms with Gasteiger partial charge in [-0.1, -0.05) is 25.1 Å². The minimum absolute atomic E-state index is 0.136. The number of para-hydroxylation sites is 1. The molecule has 7 heteroatoms. The number of amides is 1. The van der Waals surface area contributed by atoms with E-state index >= 15 is 0 Å². The quantitative estimate of drug-likeness (QED) is 0.699. The van der Waals surface area contributed by atoms with Gasteiger partial charge in [0.05, 0.1) is 11.4 Å². The van der Waals surface area contributed by atoms with E-state index in [1.165, 1.54) is 4.31 Å². The Balaban J connectivity index is 1.58. The molecule has 3 aromatic rings. The normalized spacial score (nSPS) is 14.1. The van der Waals surface area contributed by atoms with Crippen LogP contribution < -0.4 is 9.62 Å². The van der Waals surface area contributed by atoms with Crippen LogP contribution in [0.25, 0.3) is 11.0 Å². The van der Waals surface area contributed by atoms with Crippen LogP contribution in [0.3, 0.4) is 0 Å². The fraction of sp³-hybridized carbons (Fsp3) is 0.286. The van der Waals surface area contributed by atoms with Gasteiger partial charge in [-0.05, 0) is 55.2 Å². The van der Waals surface area contributed by atoms with Gasteiger partial charge in [-0.2, -0.15) is 0 Å². The third-order valence-corrected chi connectivity index (χ3v) is 6.84. The lowest BCUT2D eigenvalue weighted by molar-refractivity contribution is 0.0998. The summed E-state index contributed by atoms with van der Waals surface area (Å²) in [5, 5.41) is 3.72. The second-order valence-electron chi connectivity index (χ2n) is 6.94. The maximum absolute atomic E-state index is 12.5. The molecule has 1 aromatic heterocycles. The first-order chi connectivity index (χ1) is 13.5. The smallest absolute Gasteiger partial charge is 0.291 e. The van der Waals surface area contributed by atoms with Crippen LogP contribution in [0.5, 0.6) is 0 Å². The Bertz CT molecular complexity index is 1100. The zero-order valence-electron chi connectivity index (χ0n) is 15.6. The van der Waals surface area contributed by atoms with Crippen LogP contribution in [0.1, 0.15) is 35.9 Å². The first-order valence-electron chi connectivity index (χ1n) is 9.41. The SMILES string of the molecule is CCCS(=O)(=O)N1CCCc2cc(NC(=O)c3cc4ccccc4o3)ccc21. The maximum atomic E-state index is 12.5. The molecule has 1 amide bonds. The number of hydrogen-bond acceptors (Lipinski definition) is 4. The van der Waals surface area contributed by atoms with Gasteiger partial charge in [0.1, 0.15) is 5.58 Å². The van der Waals surface area contributed by atoms with E-state index in [-0.39, 0.29) is 17.4 Å². The molecule has 0 radical (unpaired) electrons. The molecule has 2 aromatic carbocycles. The lowest BCUT2D eigenvalue weighted by Gasteiger charge is -2.30. The number of nitrogens with zero attached hydrogens (tertiary/aromatic N) is 1. The van der Waals surface area contributed by atoms with E-state index in [1.54, 1.807) is 18.2 Å². The summed E-state index contributed by atoms with van der Waals surface area (Å²) in [7, 11) is -3.31. The molecule has 0 saturated heterocycles. The highest BCUT2D eigenvalue weighted by molar-refractivity contribution is 7.92. The summed E-state index contributed by atoms with van der Waals surface area (Å²) in [6.45, 7) is 2.36. The van der Waals surface area contributed by atoms with Crippen molar-refractivity contribution in [2.75, 3.05) is 21.9 Å². The maximum Gasteiger partial charge on any atom is 0.291 e. The number of benzene rings is 2. The van der Waals surface area contributed by atoms with Crippen molar-refractivity contribution < 1.29 is 17.6 Å². The van der Waals surface area contributed by atoms with Crippen LogP contribution in [0, 0.1) is 0 Å². The summed E-state index contributed by atoms with van der Waals surface area (Å²) in [4.78, 5) is 12.5. The van der Waals surface area contributed by atoms with Crippen LogP contribution in [0.2, 0.25) is 0 Å². The Kier molecular flexibility index (Phi) is 4.85. The number of rotatable bonds is 5. The predicted molar refractivity (Wildman–Crippen MR) is 110 cm³/mol. The molecule has 146 valence electrons. The van der Waals surface area contributed by atoms with E-state index in [9.17, 15) is 13.2 Å². The van der Waals surface area contributed by atoms with Crippen molar-refractivity contribution >= 4 is 38.3 Å². The van der Waals surface area contributed by atoms with Crippen molar-refractivity contribution in [1.29, 1.82) is 0 Å². The fourth-order valence-electron chi connectivity index (χ4n) is 3.58. The van der Waals surface area contributed by atoms with Gasteiger partial charge < -0.3 is 9.73 Å². The van der Waals surface area contributed by atoms with Gasteiger partial charge in [0.2, 0.25) is 10.0 Å². The Labute approximate surface area is 164 Å². The van der Waals surface area contributed by atoms with Crippen molar-refractivity contribution in [1.82, 2.24) is 0 Å². The zero-order chi connectivity index (χ0) is 19.7. The molecule has 0 saturated carbocycles. The van der Waals surface area contributed by atoms with Gasteiger partial charge in [0.15, 0.2) is 5.76 Å². The van der Waals surface area contributed by atoms with Crippen molar-refractivity contribution in [3.05, 3.63) is 59.9 Å². The average Bonchev–Trinajstić information content (AvgIpc) is 3.12. The molecular formula is C21H22N2O4S. The van der Waals surface area contributed by atoms with E-state index in [0.29, 0.717) is 29.9 Å². The van der Waals surface area contributed by atoms with Crippen molar-refractivity contribution in [3.8, 4) is 0 Å². The summed E-state index contributed by atoms with van der Waals surface area (Å²) >= 11 is 0. The number of nitrogens with one attached hydrogen (secondary N) is 1. The summed E-state index contributed by atoms with van der Waals surface area (Å²) in [6, 6.07) is 14.5. The lowest BCUT2D eigenvalue weighted by atomic mass is 10.0. The van der Waals surface area contributed by atoms with Crippen molar-refractivity contribution in [2.45, 2.75) is 26.2 Å². The molecule has 0 bridgehead atoms. The van der Waals surface area contributed by atoms with Crippen molar-refractivity contribution in [2.24, 2.45) is 0 Å². The molecule has 1 aliphatic heterocycles. The summed E-state index contributed by atoms with van der Waals surface area (Å²) in [6.07, 6.45) is 2.12. The second kappa shape index (κ2) is 7.31. The van der Waals surface area contributed by atoms with Gasteiger partial charge in [-0.15, -0.1) is 0 Å². The number of fused-ring (bicyclic) bond motifs is 2. The van der Waals surface area contributed by atoms with Gasteiger partial charge >= 0.3 is 0 Å². The summed E-state index contributed by atoms with van der Waals surface area (Å²) in [5.41, 5.74) is 2.92. The van der Waals surface area contributed by atoms with E-state index < -0.39 is 10.0 Å². The molecule has 6 nitrogen and oxygen atoms in total. The van der Waals surface area contributed by atoms with Gasteiger partial charge in [-0.25, -0.2) is 8.42 Å². The van der Waals surface area contributed by atoms with Gasteiger partial charge in [0, 0.05) is 17.6 Å². The largest absolute Gasteiger partial charge is 0.451 e. The highest BCUT2D eigenvalue weighted by Crippen LogP contribution is 2.32. The lowest BCUT2D eigenvalue weighted by Crippen LogP contribution is -2.37. The molecule has 0 aliphatic carbocycles. The van der Waals surface area contributed by atoms with E-state index in [0.717, 1.165) is 23.8 Å². The molecule has 0 fully saturated rings. The number of furan rings is 1. The summed E-state index contributed by atoms with van der Waals surface area (Å²) < 4.78 is 32.2. The molecule has 1 aliphatic rings. The molecule has 28 heavy (non-hydrogen) atoms. The average molecular weight is 398 g/mol. The van der Waals surface area contributed by atoms with Crippen LogP contribution >= 0.6 is 0 Å². The number of aryl methyl sites for hydroxylation is 1. The van der Waals surface area contributed by atoms with Gasteiger partial charge in [-0.3, -0.25) is 9.10 Å². The number of hydrogen-bond donors (Lipinski definition) is 1. The fourth-order valence-corrected chi connectivity index (χ4v) is 5.21. The first-order valence-corrected chi connectivity index (χ1v) is 11.0. The highest BCUT2D eigenvalue weighted by Gasteiger charge is 2.27. The Morgan fingerprint density at radius 1 is 1.18 bits per heavy atom. The molecular weight excluding hydrogens is 376 g/mol. The Morgan fingerprint density at radius 3 is 2.79 bits per heavy atom. The minimum Gasteiger partial charge on any atom is -0.451 e. The zero-order valence-corrected chi connectivity index (χ0v) is 16.5. The number of anilines is 2. The van der Waals surface area contributed by atoms with Crippen LogP contribution in [-0.4, -0.2) is 26.6 Å². The van der Waals surface area contributed by atoms with E-state index in [2.05, 4.69) is 5.32 Å².